The molecule has 0 spiro atoms. The Bertz CT molecular complexity index is 907. The van der Waals surface area contributed by atoms with E-state index in [4.69, 9.17) is 0 Å². The number of hydrogen-bond donors (Lipinski definition) is 1. The number of aliphatic carboxylic acids is 1. The molecule has 1 saturated carbocycles. The van der Waals surface area contributed by atoms with Gasteiger partial charge in [-0.15, -0.1) is 0 Å². The van der Waals surface area contributed by atoms with Gasteiger partial charge in [-0.1, -0.05) is 60.7 Å². The van der Waals surface area contributed by atoms with E-state index in [2.05, 4.69) is 17.0 Å². The van der Waals surface area contributed by atoms with Crippen LogP contribution in [-0.4, -0.2) is 53.5 Å². The molecule has 1 aliphatic carbocycles. The molecule has 5 heteroatoms. The van der Waals surface area contributed by atoms with E-state index in [1.54, 1.807) is 6.92 Å². The Labute approximate surface area is 178 Å². The van der Waals surface area contributed by atoms with E-state index in [9.17, 15) is 14.7 Å². The molecule has 1 heterocycles. The summed E-state index contributed by atoms with van der Waals surface area (Å²) < 4.78 is 0. The Morgan fingerprint density at radius 1 is 1.00 bits per heavy atom. The molecular formula is C25H30N2O3. The fraction of sp³-hybridized carbons (Fsp3) is 0.440. The second kappa shape index (κ2) is 7.88. The predicted molar refractivity (Wildman–Crippen MR) is 116 cm³/mol. The number of carbonyl (C=O) groups excluding carboxylic acids is 1. The molecule has 2 atom stereocenters. The van der Waals surface area contributed by atoms with E-state index in [1.807, 2.05) is 60.5 Å². The molecule has 1 aliphatic heterocycles. The third-order valence-electron chi connectivity index (χ3n) is 7.36. The number of nitrogens with zero attached hydrogens (tertiary/aromatic N) is 2. The van der Waals surface area contributed by atoms with Gasteiger partial charge in [-0.25, -0.2) is 0 Å². The predicted octanol–water partition coefficient (Wildman–Crippen LogP) is 3.50. The second-order valence-corrected chi connectivity index (χ2v) is 8.82. The maximum absolute atomic E-state index is 12.3. The van der Waals surface area contributed by atoms with Gasteiger partial charge < -0.3 is 14.9 Å². The highest BCUT2D eigenvalue weighted by Crippen LogP contribution is 2.55. The molecule has 2 aromatic rings. The molecule has 5 nitrogen and oxygen atoms in total. The lowest BCUT2D eigenvalue weighted by Crippen LogP contribution is -2.53. The maximum atomic E-state index is 12.3. The number of likely N-dealkylation sites (tertiary alicyclic amines) is 1. The third kappa shape index (κ3) is 3.41. The molecule has 158 valence electrons. The third-order valence-corrected chi connectivity index (χ3v) is 7.36. The van der Waals surface area contributed by atoms with E-state index in [0.717, 1.165) is 38.0 Å². The van der Waals surface area contributed by atoms with Crippen molar-refractivity contribution in [1.82, 2.24) is 9.80 Å². The van der Waals surface area contributed by atoms with E-state index in [1.165, 1.54) is 5.56 Å². The van der Waals surface area contributed by atoms with Gasteiger partial charge in [0, 0.05) is 33.6 Å². The first kappa shape index (κ1) is 20.6. The summed E-state index contributed by atoms with van der Waals surface area (Å²) in [4.78, 5) is 28.7. The number of hydrogen-bond acceptors (Lipinski definition) is 3. The summed E-state index contributed by atoms with van der Waals surface area (Å²) in [5.74, 6) is -0.513. The lowest BCUT2D eigenvalue weighted by molar-refractivity contribution is -0.141. The Morgan fingerprint density at radius 3 is 2.03 bits per heavy atom. The van der Waals surface area contributed by atoms with Gasteiger partial charge in [0.1, 0.15) is 0 Å². The maximum Gasteiger partial charge on any atom is 0.314 e. The van der Waals surface area contributed by atoms with Crippen LogP contribution in [0.3, 0.4) is 0 Å². The summed E-state index contributed by atoms with van der Waals surface area (Å²) in [6.45, 7) is 4.12. The number of benzene rings is 2. The first-order valence-corrected chi connectivity index (χ1v) is 10.7. The Balaban J connectivity index is 1.48. The summed E-state index contributed by atoms with van der Waals surface area (Å²) in [7, 11) is 1.90. The number of amides is 1. The molecule has 2 fully saturated rings. The van der Waals surface area contributed by atoms with E-state index in [0.29, 0.717) is 6.42 Å². The topological polar surface area (TPSA) is 60.9 Å². The number of carbonyl (C=O) groups is 2. The molecule has 30 heavy (non-hydrogen) atoms. The van der Waals surface area contributed by atoms with E-state index < -0.39 is 11.4 Å². The van der Waals surface area contributed by atoms with Crippen molar-refractivity contribution in [1.29, 1.82) is 0 Å². The van der Waals surface area contributed by atoms with Crippen molar-refractivity contribution in [2.45, 2.75) is 37.1 Å². The first-order valence-electron chi connectivity index (χ1n) is 10.7. The summed E-state index contributed by atoms with van der Waals surface area (Å²) >= 11 is 0. The van der Waals surface area contributed by atoms with Crippen LogP contribution in [0.4, 0.5) is 0 Å². The Hall–Kier alpha value is -2.66. The first-order chi connectivity index (χ1) is 14.4. The molecule has 2 unspecified atom stereocenters. The van der Waals surface area contributed by atoms with Gasteiger partial charge in [-0.3, -0.25) is 9.59 Å². The lowest BCUT2D eigenvalue weighted by atomic mass is 9.79. The van der Waals surface area contributed by atoms with Gasteiger partial charge in [0.2, 0.25) is 5.91 Å². The van der Waals surface area contributed by atoms with Crippen molar-refractivity contribution in [2.24, 2.45) is 5.92 Å². The highest BCUT2D eigenvalue weighted by Gasteiger charge is 2.61. The highest BCUT2D eigenvalue weighted by molar-refractivity contribution is 5.86. The minimum absolute atomic E-state index is 0.0727. The standard InChI is InChI=1S/C25H30N2O3/c1-19(28)26(2)24(20-9-5-3-6-10-20)13-15-27(16-14-24)18-22-17-25(22,23(29)30)21-11-7-4-8-12-21/h3-12,22H,13-18H2,1-2H3,(H,29,30). The molecule has 4 rings (SSSR count). The van der Waals surface area contributed by atoms with Gasteiger partial charge in [0.25, 0.3) is 0 Å². The SMILES string of the molecule is CC(=O)N(C)C1(c2ccccc2)CCN(CC2CC2(C(=O)O)c2ccccc2)CC1. The lowest BCUT2D eigenvalue weighted by Gasteiger charge is -2.47. The number of carboxylic acid groups (broad SMARTS) is 1. The summed E-state index contributed by atoms with van der Waals surface area (Å²) in [5, 5.41) is 9.96. The fourth-order valence-corrected chi connectivity index (χ4v) is 5.31. The average molecular weight is 407 g/mol. The zero-order chi connectivity index (χ0) is 21.4. The zero-order valence-electron chi connectivity index (χ0n) is 17.8. The molecule has 0 radical (unpaired) electrons. The quantitative estimate of drug-likeness (QED) is 0.798. The van der Waals surface area contributed by atoms with Crippen LogP contribution in [0.15, 0.2) is 60.7 Å². The van der Waals surface area contributed by atoms with Gasteiger partial charge >= 0.3 is 5.97 Å². The zero-order valence-corrected chi connectivity index (χ0v) is 17.8. The monoisotopic (exact) mass is 406 g/mol. The van der Waals surface area contributed by atoms with Crippen LogP contribution < -0.4 is 0 Å². The normalized spacial score (nSPS) is 25.5. The van der Waals surface area contributed by atoms with Crippen LogP contribution >= 0.6 is 0 Å². The molecule has 1 amide bonds. The largest absolute Gasteiger partial charge is 0.481 e. The molecular weight excluding hydrogens is 376 g/mol. The van der Waals surface area contributed by atoms with Crippen LogP contribution in [0.5, 0.6) is 0 Å². The highest BCUT2D eigenvalue weighted by atomic mass is 16.4. The van der Waals surface area contributed by atoms with Gasteiger partial charge in [0.15, 0.2) is 0 Å². The molecule has 2 aliphatic rings. The van der Waals surface area contributed by atoms with Crippen LogP contribution in [0.2, 0.25) is 0 Å². The van der Waals surface area contributed by atoms with Crippen molar-refractivity contribution >= 4 is 11.9 Å². The van der Waals surface area contributed by atoms with Crippen molar-refractivity contribution in [3.05, 3.63) is 71.8 Å². The Kier molecular flexibility index (Phi) is 5.41. The number of piperidine rings is 1. The smallest absolute Gasteiger partial charge is 0.314 e. The van der Waals surface area contributed by atoms with Crippen LogP contribution in [0, 0.1) is 5.92 Å². The minimum atomic E-state index is -0.745. The summed E-state index contributed by atoms with van der Waals surface area (Å²) in [6, 6.07) is 19.9. The summed E-state index contributed by atoms with van der Waals surface area (Å²) in [5.41, 5.74) is 1.05. The van der Waals surface area contributed by atoms with E-state index in [-0.39, 0.29) is 17.4 Å². The average Bonchev–Trinajstić information content (AvgIpc) is 3.50. The van der Waals surface area contributed by atoms with Gasteiger partial charge in [-0.2, -0.15) is 0 Å². The van der Waals surface area contributed by atoms with E-state index >= 15 is 0 Å². The van der Waals surface area contributed by atoms with Crippen LogP contribution in [0.25, 0.3) is 0 Å². The van der Waals surface area contributed by atoms with Crippen molar-refractivity contribution < 1.29 is 14.7 Å². The van der Waals surface area contributed by atoms with Crippen LogP contribution in [0.1, 0.15) is 37.3 Å². The second-order valence-electron chi connectivity index (χ2n) is 8.82. The van der Waals surface area contributed by atoms with Crippen molar-refractivity contribution in [2.75, 3.05) is 26.7 Å². The number of carboxylic acids is 1. The van der Waals surface area contributed by atoms with Gasteiger partial charge in [0.05, 0.1) is 11.0 Å². The molecule has 1 N–H and O–H groups in total. The molecule has 1 saturated heterocycles. The van der Waals surface area contributed by atoms with Crippen molar-refractivity contribution in [3.63, 3.8) is 0 Å². The molecule has 0 aromatic heterocycles. The fourth-order valence-electron chi connectivity index (χ4n) is 5.31. The molecule has 0 bridgehead atoms. The minimum Gasteiger partial charge on any atom is -0.481 e. The van der Waals surface area contributed by atoms with Crippen molar-refractivity contribution in [3.8, 4) is 0 Å². The summed E-state index contributed by atoms with van der Waals surface area (Å²) in [6.07, 6.45) is 2.40. The molecule has 2 aromatic carbocycles. The van der Waals surface area contributed by atoms with Crippen LogP contribution in [-0.2, 0) is 20.5 Å². The number of rotatable bonds is 6. The Morgan fingerprint density at radius 2 is 1.53 bits per heavy atom. The van der Waals surface area contributed by atoms with Gasteiger partial charge in [-0.05, 0) is 36.3 Å².